The van der Waals surface area contributed by atoms with E-state index >= 15 is 0 Å². The van der Waals surface area contributed by atoms with Gasteiger partial charge in [-0.1, -0.05) is 54.4 Å². The van der Waals surface area contributed by atoms with Gasteiger partial charge in [0.25, 0.3) is 0 Å². The molecule has 4 aliphatic rings. The Kier molecular flexibility index (Phi) is 6.79. The highest BCUT2D eigenvalue weighted by atomic mass is 16.5. The highest BCUT2D eigenvalue weighted by molar-refractivity contribution is 5.78. The summed E-state index contributed by atoms with van der Waals surface area (Å²) >= 11 is 0. The van der Waals surface area contributed by atoms with Crippen molar-refractivity contribution in [3.8, 4) is 0 Å². The highest BCUT2D eigenvalue weighted by Gasteiger charge is 2.59. The Hall–Kier alpha value is -1.32. The van der Waals surface area contributed by atoms with Crippen molar-refractivity contribution in [1.82, 2.24) is 0 Å². The van der Waals surface area contributed by atoms with Crippen molar-refractivity contribution in [3.05, 3.63) is 11.3 Å². The molecule has 2 saturated carbocycles. The highest BCUT2D eigenvalue weighted by Crippen LogP contribution is 2.65. The molecule has 0 amide bonds. The second kappa shape index (κ2) is 9.04. The molecule has 33 heavy (non-hydrogen) atoms. The summed E-state index contributed by atoms with van der Waals surface area (Å²) in [6.07, 6.45) is 9.44. The molecule has 3 aliphatic carbocycles. The first kappa shape index (κ1) is 24.8. The minimum Gasteiger partial charge on any atom is -0.463 e. The van der Waals surface area contributed by atoms with Crippen molar-refractivity contribution in [2.75, 3.05) is 0 Å². The van der Waals surface area contributed by atoms with Crippen molar-refractivity contribution in [3.63, 3.8) is 0 Å². The zero-order chi connectivity index (χ0) is 24.1. The molecule has 0 N–H and O–H groups in total. The van der Waals surface area contributed by atoms with Gasteiger partial charge in [-0.25, -0.2) is 0 Å². The fourth-order valence-corrected chi connectivity index (χ4v) is 7.99. The largest absolute Gasteiger partial charge is 0.463 e. The monoisotopic (exact) mass is 458 g/mol. The Morgan fingerprint density at radius 1 is 1.06 bits per heavy atom. The van der Waals surface area contributed by atoms with E-state index in [-0.39, 0.29) is 34.8 Å². The SMILES string of the molecule is CC(=O)OC1CCC2(C)C3=C(OC(=O)[C@H]2C1)[C@@H]1CC[C@H]([C@H](C)CCC(C)C(C)C)C1(C)CC3. The molecule has 8 atom stereocenters. The van der Waals surface area contributed by atoms with Gasteiger partial charge in [0.2, 0.25) is 0 Å². The van der Waals surface area contributed by atoms with Crippen LogP contribution in [0.15, 0.2) is 11.3 Å². The molecule has 4 heteroatoms. The van der Waals surface area contributed by atoms with E-state index in [9.17, 15) is 9.59 Å². The lowest BCUT2D eigenvalue weighted by molar-refractivity contribution is -0.165. The summed E-state index contributed by atoms with van der Waals surface area (Å²) in [4.78, 5) is 24.7. The number of fused-ring (bicyclic) bond motifs is 4. The molecule has 4 rings (SSSR count). The minimum atomic E-state index is -0.255. The zero-order valence-corrected chi connectivity index (χ0v) is 22.0. The normalized spacial score (nSPS) is 39.9. The van der Waals surface area contributed by atoms with Gasteiger partial charge >= 0.3 is 11.9 Å². The zero-order valence-electron chi connectivity index (χ0n) is 22.0. The minimum absolute atomic E-state index is 0.0837. The Balaban J connectivity index is 1.53. The molecule has 4 nitrogen and oxygen atoms in total. The number of allylic oxidation sites excluding steroid dienone is 2. The Bertz CT molecular complexity index is 812. The lowest BCUT2D eigenvalue weighted by Crippen LogP contribution is -2.50. The van der Waals surface area contributed by atoms with Crippen molar-refractivity contribution in [2.45, 2.75) is 112 Å². The summed E-state index contributed by atoms with van der Waals surface area (Å²) in [5.41, 5.74) is 1.51. The Labute approximate surface area is 201 Å². The van der Waals surface area contributed by atoms with Gasteiger partial charge in [-0.2, -0.15) is 0 Å². The molecular weight excluding hydrogens is 412 g/mol. The van der Waals surface area contributed by atoms with Crippen LogP contribution in [0.1, 0.15) is 106 Å². The second-order valence-electron chi connectivity index (χ2n) is 12.8. The molecule has 1 heterocycles. The predicted octanol–water partition coefficient (Wildman–Crippen LogP) is 7.07. The van der Waals surface area contributed by atoms with Gasteiger partial charge < -0.3 is 9.47 Å². The lowest BCUT2D eigenvalue weighted by atomic mass is 9.54. The first-order valence-corrected chi connectivity index (χ1v) is 13.6. The van der Waals surface area contributed by atoms with Crippen LogP contribution in [0.25, 0.3) is 0 Å². The molecule has 186 valence electrons. The molecule has 0 bridgehead atoms. The van der Waals surface area contributed by atoms with Crippen LogP contribution in [0, 0.1) is 46.3 Å². The fraction of sp³-hybridized carbons (Fsp3) is 0.862. The third-order valence-corrected chi connectivity index (χ3v) is 10.6. The van der Waals surface area contributed by atoms with Crippen LogP contribution in [0.3, 0.4) is 0 Å². The molecular formula is C29H46O4. The predicted molar refractivity (Wildman–Crippen MR) is 130 cm³/mol. The average molecular weight is 459 g/mol. The number of ether oxygens (including phenoxy) is 2. The van der Waals surface area contributed by atoms with E-state index in [0.29, 0.717) is 24.2 Å². The molecule has 4 unspecified atom stereocenters. The van der Waals surface area contributed by atoms with Crippen LogP contribution < -0.4 is 0 Å². The van der Waals surface area contributed by atoms with Crippen molar-refractivity contribution in [2.24, 2.45) is 46.3 Å². The van der Waals surface area contributed by atoms with Crippen molar-refractivity contribution < 1.29 is 19.1 Å². The maximum absolute atomic E-state index is 13.3. The number of esters is 2. The standard InChI is InChI=1S/C29H46O4/c1-17(2)18(3)8-9-19(4)22-10-11-23-26-24(13-15-28(22,23)6)29(7)14-12-21(32-20(5)30)16-25(29)27(31)33-26/h17-19,21-23,25H,8-16H2,1-7H3/t18?,19-,21?,22-,23+,25-,28?,29?/m1/s1. The van der Waals surface area contributed by atoms with Crippen LogP contribution in [-0.2, 0) is 19.1 Å². The summed E-state index contributed by atoms with van der Waals surface area (Å²) in [7, 11) is 0. The van der Waals surface area contributed by atoms with E-state index in [2.05, 4.69) is 41.5 Å². The van der Waals surface area contributed by atoms with Gasteiger partial charge in [-0.15, -0.1) is 0 Å². The van der Waals surface area contributed by atoms with E-state index in [0.717, 1.165) is 43.3 Å². The van der Waals surface area contributed by atoms with Gasteiger partial charge in [-0.3, -0.25) is 9.59 Å². The quantitative estimate of drug-likeness (QED) is 0.399. The topological polar surface area (TPSA) is 52.6 Å². The van der Waals surface area contributed by atoms with Gasteiger partial charge in [-0.05, 0) is 79.6 Å². The first-order chi connectivity index (χ1) is 15.5. The molecule has 0 aromatic carbocycles. The van der Waals surface area contributed by atoms with Crippen LogP contribution in [0.2, 0.25) is 0 Å². The summed E-state index contributed by atoms with van der Waals surface area (Å²) < 4.78 is 11.7. The number of carbonyl (C=O) groups is 2. The van der Waals surface area contributed by atoms with Crippen molar-refractivity contribution >= 4 is 11.9 Å². The van der Waals surface area contributed by atoms with Crippen LogP contribution in [0.5, 0.6) is 0 Å². The third-order valence-electron chi connectivity index (χ3n) is 10.6. The molecule has 1 aliphatic heterocycles. The maximum atomic E-state index is 13.3. The smallest absolute Gasteiger partial charge is 0.315 e. The second-order valence-corrected chi connectivity index (χ2v) is 12.8. The molecule has 0 saturated heterocycles. The van der Waals surface area contributed by atoms with E-state index in [1.54, 1.807) is 0 Å². The molecule has 0 aromatic heterocycles. The molecule has 0 aromatic rings. The van der Waals surface area contributed by atoms with E-state index in [1.165, 1.54) is 38.2 Å². The van der Waals surface area contributed by atoms with Crippen LogP contribution in [0.4, 0.5) is 0 Å². The number of hydrogen-bond donors (Lipinski definition) is 0. The first-order valence-electron chi connectivity index (χ1n) is 13.6. The number of hydrogen-bond acceptors (Lipinski definition) is 4. The Morgan fingerprint density at radius 3 is 2.45 bits per heavy atom. The van der Waals surface area contributed by atoms with Crippen LogP contribution >= 0.6 is 0 Å². The van der Waals surface area contributed by atoms with Crippen molar-refractivity contribution in [1.29, 1.82) is 0 Å². The van der Waals surface area contributed by atoms with Gasteiger partial charge in [0.15, 0.2) is 0 Å². The van der Waals surface area contributed by atoms with Crippen LogP contribution in [-0.4, -0.2) is 18.0 Å². The summed E-state index contributed by atoms with van der Waals surface area (Å²) in [5, 5.41) is 0. The van der Waals surface area contributed by atoms with E-state index < -0.39 is 0 Å². The van der Waals surface area contributed by atoms with Gasteiger partial charge in [0.1, 0.15) is 11.9 Å². The van der Waals surface area contributed by atoms with E-state index in [4.69, 9.17) is 9.47 Å². The lowest BCUT2D eigenvalue weighted by Gasteiger charge is -2.53. The molecule has 0 spiro atoms. The summed E-state index contributed by atoms with van der Waals surface area (Å²) in [6, 6.07) is 0. The average Bonchev–Trinajstić information content (AvgIpc) is 3.10. The number of rotatable bonds is 6. The molecule has 0 radical (unpaired) electrons. The van der Waals surface area contributed by atoms with E-state index in [1.807, 2.05) is 0 Å². The summed E-state index contributed by atoms with van der Waals surface area (Å²) in [6.45, 7) is 15.8. The van der Waals surface area contributed by atoms with Gasteiger partial charge in [0.05, 0.1) is 5.92 Å². The fourth-order valence-electron chi connectivity index (χ4n) is 7.99. The number of carbonyl (C=O) groups excluding carboxylic acids is 2. The third kappa shape index (κ3) is 4.29. The summed E-state index contributed by atoms with van der Waals surface area (Å²) in [5.74, 6) is 3.84. The Morgan fingerprint density at radius 2 is 1.79 bits per heavy atom. The molecule has 2 fully saturated rings. The maximum Gasteiger partial charge on any atom is 0.315 e. The van der Waals surface area contributed by atoms with Gasteiger partial charge in [0, 0.05) is 18.3 Å².